The predicted octanol–water partition coefficient (Wildman–Crippen LogP) is -2.36. The van der Waals surface area contributed by atoms with Gasteiger partial charge >= 0.3 is 5.97 Å². The average molecular weight is 358 g/mol. The largest absolute Gasteiger partial charge is 0.481 e. The Morgan fingerprint density at radius 2 is 1.80 bits per heavy atom. The maximum absolute atomic E-state index is 12.1. The van der Waals surface area contributed by atoms with E-state index in [1.165, 1.54) is 6.92 Å². The van der Waals surface area contributed by atoms with E-state index in [1.54, 1.807) is 0 Å². The first-order valence-corrected chi connectivity index (χ1v) is 7.81. The van der Waals surface area contributed by atoms with Crippen molar-refractivity contribution in [2.75, 3.05) is 19.6 Å². The van der Waals surface area contributed by atoms with Crippen LogP contribution in [0.4, 0.5) is 0 Å². The van der Waals surface area contributed by atoms with Gasteiger partial charge in [-0.3, -0.25) is 24.2 Å². The summed E-state index contributed by atoms with van der Waals surface area (Å²) >= 11 is 0. The van der Waals surface area contributed by atoms with Gasteiger partial charge in [-0.25, -0.2) is 0 Å². The molecule has 11 nitrogen and oxygen atoms in total. The highest BCUT2D eigenvalue weighted by molar-refractivity contribution is 5.90. The molecule has 0 bridgehead atoms. The van der Waals surface area contributed by atoms with Crippen molar-refractivity contribution in [3.05, 3.63) is 0 Å². The monoisotopic (exact) mass is 358 g/mol. The van der Waals surface area contributed by atoms with E-state index in [2.05, 4.69) is 20.9 Å². The van der Waals surface area contributed by atoms with E-state index in [9.17, 15) is 19.2 Å². The maximum Gasteiger partial charge on any atom is 0.303 e. The number of nitrogens with two attached hydrogens (primary N) is 2. The Labute approximate surface area is 145 Å². The number of carbonyl (C=O) groups is 4. The minimum atomic E-state index is -0.943. The molecule has 0 saturated carbocycles. The molecule has 0 radical (unpaired) electrons. The van der Waals surface area contributed by atoms with Crippen LogP contribution in [0.15, 0.2) is 4.99 Å². The third-order valence-electron chi connectivity index (χ3n) is 2.95. The second kappa shape index (κ2) is 12.6. The Morgan fingerprint density at radius 3 is 2.36 bits per heavy atom. The molecular formula is C14H26N6O5. The standard InChI is InChI=1S/C14H26N6O5/c1-9(21)20-10(4-2-7-18-14(15)16)13(25)19-8-11(22)17-6-3-5-12(23)24/h10H,2-8H2,1H3,(H,17,22)(H,19,25)(H,20,21)(H,23,24)(H4,15,16,18). The Bertz CT molecular complexity index is 504. The van der Waals surface area contributed by atoms with Gasteiger partial charge in [0.15, 0.2) is 5.96 Å². The number of aliphatic carboxylic acids is 1. The van der Waals surface area contributed by atoms with Crippen molar-refractivity contribution in [2.24, 2.45) is 16.5 Å². The summed E-state index contributed by atoms with van der Waals surface area (Å²) in [4.78, 5) is 48.9. The molecule has 0 spiro atoms. The van der Waals surface area contributed by atoms with Crippen LogP contribution in [0.3, 0.4) is 0 Å². The van der Waals surface area contributed by atoms with Gasteiger partial charge in [0.2, 0.25) is 17.7 Å². The summed E-state index contributed by atoms with van der Waals surface area (Å²) in [6.07, 6.45) is 1.03. The van der Waals surface area contributed by atoms with E-state index >= 15 is 0 Å². The van der Waals surface area contributed by atoms with Crippen LogP contribution in [0.5, 0.6) is 0 Å². The van der Waals surface area contributed by atoms with Crippen LogP contribution in [0.1, 0.15) is 32.6 Å². The number of hydrogen-bond acceptors (Lipinski definition) is 5. The van der Waals surface area contributed by atoms with Crippen molar-refractivity contribution in [1.82, 2.24) is 16.0 Å². The topological polar surface area (TPSA) is 189 Å². The van der Waals surface area contributed by atoms with E-state index in [-0.39, 0.29) is 31.4 Å². The quantitative estimate of drug-likeness (QED) is 0.128. The molecule has 3 amide bonds. The first-order chi connectivity index (χ1) is 11.7. The highest BCUT2D eigenvalue weighted by Gasteiger charge is 2.19. The molecule has 142 valence electrons. The lowest BCUT2D eigenvalue weighted by Crippen LogP contribution is -2.48. The molecule has 8 N–H and O–H groups in total. The zero-order chi connectivity index (χ0) is 19.2. The minimum absolute atomic E-state index is 0.0486. The number of guanidine groups is 1. The molecular weight excluding hydrogens is 332 g/mol. The fourth-order valence-electron chi connectivity index (χ4n) is 1.84. The third kappa shape index (κ3) is 13.3. The van der Waals surface area contributed by atoms with Crippen LogP contribution in [0.2, 0.25) is 0 Å². The average Bonchev–Trinajstić information content (AvgIpc) is 2.51. The molecule has 0 aliphatic heterocycles. The summed E-state index contributed by atoms with van der Waals surface area (Å²) in [5.41, 5.74) is 10.4. The molecule has 25 heavy (non-hydrogen) atoms. The molecule has 1 atom stereocenters. The zero-order valence-corrected chi connectivity index (χ0v) is 14.2. The molecule has 0 aromatic heterocycles. The first-order valence-electron chi connectivity index (χ1n) is 7.81. The lowest BCUT2D eigenvalue weighted by molar-refractivity contribution is -0.137. The van der Waals surface area contributed by atoms with Gasteiger partial charge in [0.05, 0.1) is 6.54 Å². The number of aliphatic imine (C=N–C) groups is 1. The molecule has 1 unspecified atom stereocenters. The van der Waals surface area contributed by atoms with Gasteiger partial charge in [-0.05, 0) is 19.3 Å². The van der Waals surface area contributed by atoms with Gasteiger partial charge in [0.25, 0.3) is 0 Å². The SMILES string of the molecule is CC(=O)NC(CCCN=C(N)N)C(=O)NCC(=O)NCCCC(=O)O. The molecule has 0 fully saturated rings. The normalized spacial score (nSPS) is 11.1. The number of carboxylic acid groups (broad SMARTS) is 1. The number of rotatable bonds is 12. The van der Waals surface area contributed by atoms with Crippen molar-refractivity contribution in [3.63, 3.8) is 0 Å². The van der Waals surface area contributed by atoms with Crippen LogP contribution in [-0.2, 0) is 19.2 Å². The van der Waals surface area contributed by atoms with E-state index < -0.39 is 23.8 Å². The summed E-state index contributed by atoms with van der Waals surface area (Å²) in [5.74, 6) is -2.32. The van der Waals surface area contributed by atoms with Gasteiger partial charge in [-0.2, -0.15) is 0 Å². The molecule has 0 aliphatic rings. The van der Waals surface area contributed by atoms with Crippen LogP contribution in [0, 0.1) is 0 Å². The van der Waals surface area contributed by atoms with Crippen LogP contribution in [0.25, 0.3) is 0 Å². The molecule has 0 aromatic carbocycles. The summed E-state index contributed by atoms with van der Waals surface area (Å²) < 4.78 is 0. The smallest absolute Gasteiger partial charge is 0.303 e. The second-order valence-corrected chi connectivity index (χ2v) is 5.27. The fraction of sp³-hybridized carbons (Fsp3) is 0.643. The molecule has 11 heteroatoms. The van der Waals surface area contributed by atoms with E-state index in [0.717, 1.165) is 0 Å². The van der Waals surface area contributed by atoms with E-state index in [0.29, 0.717) is 25.8 Å². The predicted molar refractivity (Wildman–Crippen MR) is 90.4 cm³/mol. The Balaban J connectivity index is 4.23. The van der Waals surface area contributed by atoms with Crippen molar-refractivity contribution in [2.45, 2.75) is 38.6 Å². The van der Waals surface area contributed by atoms with Crippen LogP contribution >= 0.6 is 0 Å². The van der Waals surface area contributed by atoms with Gasteiger partial charge < -0.3 is 32.5 Å². The van der Waals surface area contributed by atoms with Crippen molar-refractivity contribution in [1.29, 1.82) is 0 Å². The Hall–Kier alpha value is -2.85. The number of nitrogens with zero attached hydrogens (tertiary/aromatic N) is 1. The summed E-state index contributed by atoms with van der Waals surface area (Å²) in [6.45, 7) is 1.53. The van der Waals surface area contributed by atoms with Crippen molar-refractivity contribution >= 4 is 29.7 Å². The molecule has 0 aromatic rings. The highest BCUT2D eigenvalue weighted by Crippen LogP contribution is 1.99. The highest BCUT2D eigenvalue weighted by atomic mass is 16.4. The molecule has 0 heterocycles. The van der Waals surface area contributed by atoms with Gasteiger partial charge in [-0.15, -0.1) is 0 Å². The summed E-state index contributed by atoms with van der Waals surface area (Å²) in [5, 5.41) is 15.9. The van der Waals surface area contributed by atoms with Crippen LogP contribution in [-0.4, -0.2) is 60.4 Å². The Morgan fingerprint density at radius 1 is 1.12 bits per heavy atom. The number of carbonyl (C=O) groups excluding carboxylic acids is 3. The van der Waals surface area contributed by atoms with Gasteiger partial charge in [0, 0.05) is 26.4 Å². The number of carboxylic acids is 1. The minimum Gasteiger partial charge on any atom is -0.481 e. The zero-order valence-electron chi connectivity index (χ0n) is 14.2. The summed E-state index contributed by atoms with van der Waals surface area (Å²) in [6, 6.07) is -0.800. The maximum atomic E-state index is 12.1. The second-order valence-electron chi connectivity index (χ2n) is 5.27. The van der Waals surface area contributed by atoms with Crippen molar-refractivity contribution < 1.29 is 24.3 Å². The third-order valence-corrected chi connectivity index (χ3v) is 2.95. The Kier molecular flexibility index (Phi) is 11.1. The fourth-order valence-corrected chi connectivity index (χ4v) is 1.84. The van der Waals surface area contributed by atoms with E-state index in [1.807, 2.05) is 0 Å². The summed E-state index contributed by atoms with van der Waals surface area (Å²) in [7, 11) is 0. The van der Waals surface area contributed by atoms with Crippen molar-refractivity contribution in [3.8, 4) is 0 Å². The van der Waals surface area contributed by atoms with Gasteiger partial charge in [0.1, 0.15) is 6.04 Å². The molecule has 0 aliphatic carbocycles. The first kappa shape index (κ1) is 22.1. The molecule has 0 saturated heterocycles. The van der Waals surface area contributed by atoms with Crippen LogP contribution < -0.4 is 27.4 Å². The molecule has 0 rings (SSSR count). The number of nitrogens with one attached hydrogen (secondary N) is 3. The number of hydrogen-bond donors (Lipinski definition) is 6. The van der Waals surface area contributed by atoms with Gasteiger partial charge in [-0.1, -0.05) is 0 Å². The lowest BCUT2D eigenvalue weighted by atomic mass is 10.1. The number of amides is 3. The van der Waals surface area contributed by atoms with E-state index in [4.69, 9.17) is 16.6 Å². The lowest BCUT2D eigenvalue weighted by Gasteiger charge is -2.17.